The van der Waals surface area contributed by atoms with Gasteiger partial charge in [-0.15, -0.1) is 0 Å². The lowest BCUT2D eigenvalue weighted by Crippen LogP contribution is -2.12. The summed E-state index contributed by atoms with van der Waals surface area (Å²) >= 11 is 5.55. The summed E-state index contributed by atoms with van der Waals surface area (Å²) in [5.41, 5.74) is -1.73. The number of Topliss-reactive ketones (excluding diaryl/α,β-unsaturated/α-hetero) is 1. The molecule has 0 saturated heterocycles. The molecule has 0 N–H and O–H groups in total. The van der Waals surface area contributed by atoms with Crippen LogP contribution in [0, 0.1) is 5.82 Å². The van der Waals surface area contributed by atoms with Crippen LogP contribution in [0.15, 0.2) is 40.9 Å². The van der Waals surface area contributed by atoms with Crippen LogP contribution in [0.3, 0.4) is 0 Å². The van der Waals surface area contributed by atoms with Crippen LogP contribution in [-0.2, 0) is 12.4 Å². The van der Waals surface area contributed by atoms with Crippen molar-refractivity contribution in [1.29, 1.82) is 0 Å². The molecule has 0 unspecified atom stereocenters. The number of alkyl halides is 6. The van der Waals surface area contributed by atoms with Crippen LogP contribution in [-0.4, -0.2) is 22.5 Å². The van der Waals surface area contributed by atoms with E-state index < -0.39 is 58.4 Å². The number of benzene rings is 2. The van der Waals surface area contributed by atoms with Crippen molar-refractivity contribution < 1.29 is 44.8 Å². The third-order valence-electron chi connectivity index (χ3n) is 3.82. The van der Waals surface area contributed by atoms with Crippen LogP contribution in [0.4, 0.5) is 30.7 Å². The van der Waals surface area contributed by atoms with Gasteiger partial charge in [-0.25, -0.2) is 4.39 Å². The van der Waals surface area contributed by atoms with Crippen molar-refractivity contribution in [3.05, 3.63) is 64.3 Å². The van der Waals surface area contributed by atoms with E-state index in [-0.39, 0.29) is 11.3 Å². The summed E-state index contributed by atoms with van der Waals surface area (Å²) < 4.78 is 98.9. The smallest absolute Gasteiger partial charge is 0.471 e. The van der Waals surface area contributed by atoms with Crippen molar-refractivity contribution >= 4 is 17.4 Å². The van der Waals surface area contributed by atoms with Crippen LogP contribution >= 0.6 is 11.6 Å². The third-order valence-corrected chi connectivity index (χ3v) is 4.13. The van der Waals surface area contributed by atoms with Gasteiger partial charge in [-0.2, -0.15) is 31.3 Å². The van der Waals surface area contributed by atoms with Gasteiger partial charge in [0.05, 0.1) is 16.1 Å². The number of ketones is 1. The minimum absolute atomic E-state index is 0.130. The first-order valence-electron chi connectivity index (χ1n) is 8.10. The second kappa shape index (κ2) is 8.17. The Morgan fingerprint density at radius 1 is 1.03 bits per heavy atom. The summed E-state index contributed by atoms with van der Waals surface area (Å²) in [4.78, 5) is 15.2. The molecule has 1 aromatic heterocycles. The van der Waals surface area contributed by atoms with Gasteiger partial charge in [0.2, 0.25) is 5.82 Å². The Morgan fingerprint density at radius 3 is 2.29 bits per heavy atom. The molecule has 3 aromatic rings. The maximum Gasteiger partial charge on any atom is 0.471 e. The second-order valence-corrected chi connectivity index (χ2v) is 6.37. The average molecular weight is 469 g/mol. The first-order chi connectivity index (χ1) is 14.4. The zero-order valence-corrected chi connectivity index (χ0v) is 15.6. The zero-order valence-electron chi connectivity index (χ0n) is 14.8. The van der Waals surface area contributed by atoms with Crippen molar-refractivity contribution in [2.45, 2.75) is 12.4 Å². The highest BCUT2D eigenvalue weighted by Gasteiger charge is 2.38. The highest BCUT2D eigenvalue weighted by Crippen LogP contribution is 2.36. The zero-order chi connectivity index (χ0) is 23.0. The molecule has 0 amide bonds. The fraction of sp³-hybridized carbons (Fsp3) is 0.167. The molecule has 0 spiro atoms. The van der Waals surface area contributed by atoms with Gasteiger partial charge < -0.3 is 9.26 Å². The van der Waals surface area contributed by atoms with Crippen LogP contribution in [0.2, 0.25) is 5.02 Å². The summed E-state index contributed by atoms with van der Waals surface area (Å²) in [6.45, 7) is -0.666. The monoisotopic (exact) mass is 468 g/mol. The molecule has 1 heterocycles. The lowest BCUT2D eigenvalue weighted by Gasteiger charge is -2.11. The molecule has 0 bridgehead atoms. The minimum atomic E-state index is -4.91. The SMILES string of the molecule is O=C(COc1ccc(C(F)(F)F)c(Cl)c1)c1ccc(-c2noc(C(F)(F)F)n2)c(F)c1. The summed E-state index contributed by atoms with van der Waals surface area (Å²) in [5, 5.41) is 2.42. The normalized spacial score (nSPS) is 12.1. The largest absolute Gasteiger partial charge is 0.485 e. The minimum Gasteiger partial charge on any atom is -0.485 e. The third kappa shape index (κ3) is 5.13. The lowest BCUT2D eigenvalue weighted by molar-refractivity contribution is -0.159. The number of aromatic nitrogens is 2. The molecule has 0 atom stereocenters. The number of hydrogen-bond donors (Lipinski definition) is 0. The number of ether oxygens (including phenoxy) is 1. The first-order valence-corrected chi connectivity index (χ1v) is 8.47. The molecule has 0 aliphatic carbocycles. The molecular weight excluding hydrogens is 461 g/mol. The fourth-order valence-corrected chi connectivity index (χ4v) is 2.64. The van der Waals surface area contributed by atoms with Gasteiger partial charge >= 0.3 is 18.2 Å². The van der Waals surface area contributed by atoms with Crippen molar-refractivity contribution in [2.24, 2.45) is 0 Å². The molecule has 0 aliphatic rings. The maximum absolute atomic E-state index is 14.3. The average Bonchev–Trinajstić information content (AvgIpc) is 3.15. The Labute approximate surface area is 173 Å². The highest BCUT2D eigenvalue weighted by atomic mass is 35.5. The summed E-state index contributed by atoms with van der Waals surface area (Å²) in [7, 11) is 0. The number of nitrogens with zero attached hydrogens (tertiary/aromatic N) is 2. The van der Waals surface area contributed by atoms with E-state index in [9.17, 15) is 35.5 Å². The summed E-state index contributed by atoms with van der Waals surface area (Å²) in [6, 6.07) is 5.30. The van der Waals surface area contributed by atoms with E-state index in [2.05, 4.69) is 14.7 Å². The molecule has 0 radical (unpaired) electrons. The fourth-order valence-electron chi connectivity index (χ4n) is 2.37. The van der Waals surface area contributed by atoms with Crippen LogP contribution < -0.4 is 4.74 Å². The molecule has 0 saturated carbocycles. The van der Waals surface area contributed by atoms with Crippen LogP contribution in [0.5, 0.6) is 5.75 Å². The second-order valence-electron chi connectivity index (χ2n) is 5.97. The molecule has 0 aliphatic heterocycles. The molecule has 164 valence electrons. The van der Waals surface area contributed by atoms with Crippen molar-refractivity contribution in [3.63, 3.8) is 0 Å². The number of hydrogen-bond acceptors (Lipinski definition) is 5. The van der Waals surface area contributed by atoms with E-state index in [0.717, 1.165) is 30.3 Å². The predicted octanol–water partition coefficient (Wildman–Crippen LogP) is 5.83. The summed E-state index contributed by atoms with van der Waals surface area (Å²) in [5.74, 6) is -4.32. The number of rotatable bonds is 5. The van der Waals surface area contributed by atoms with E-state index in [1.165, 1.54) is 0 Å². The molecule has 2 aromatic carbocycles. The standard InChI is InChI=1S/C18H8ClF7N2O3/c19-12-6-9(2-4-11(12)17(21,22)23)30-7-14(29)8-1-3-10(13(20)5-8)15-27-16(31-28-15)18(24,25)26/h1-6H,7H2. The molecule has 0 fully saturated rings. The van der Waals surface area contributed by atoms with Gasteiger partial charge in [0.25, 0.3) is 0 Å². The van der Waals surface area contributed by atoms with Gasteiger partial charge in [0.15, 0.2) is 12.4 Å². The lowest BCUT2D eigenvalue weighted by atomic mass is 10.1. The topological polar surface area (TPSA) is 65.2 Å². The Hall–Kier alpha value is -3.15. The Morgan fingerprint density at radius 2 is 1.74 bits per heavy atom. The Balaban J connectivity index is 1.71. The van der Waals surface area contributed by atoms with Crippen LogP contribution in [0.1, 0.15) is 21.8 Å². The predicted molar refractivity (Wildman–Crippen MR) is 91.0 cm³/mol. The van der Waals surface area contributed by atoms with Gasteiger partial charge in [-0.05, 0) is 30.3 Å². The summed E-state index contributed by atoms with van der Waals surface area (Å²) in [6.07, 6.45) is -9.57. The van der Waals surface area contributed by atoms with Gasteiger partial charge in [0, 0.05) is 5.56 Å². The van der Waals surface area contributed by atoms with E-state index in [0.29, 0.717) is 6.07 Å². The Kier molecular flexibility index (Phi) is 5.94. The maximum atomic E-state index is 14.3. The molecule has 3 rings (SSSR count). The quantitative estimate of drug-likeness (QED) is 0.348. The van der Waals surface area contributed by atoms with Crippen LogP contribution in [0.25, 0.3) is 11.4 Å². The number of carbonyl (C=O) groups is 1. The van der Waals surface area contributed by atoms with Gasteiger partial charge in [-0.1, -0.05) is 22.8 Å². The first kappa shape index (κ1) is 22.5. The Bertz CT molecular complexity index is 1130. The molecule has 5 nitrogen and oxygen atoms in total. The molecular formula is C18H8ClF7N2O3. The van der Waals surface area contributed by atoms with Gasteiger partial charge in [0.1, 0.15) is 11.6 Å². The van der Waals surface area contributed by atoms with E-state index in [1.807, 2.05) is 0 Å². The number of halogens is 8. The number of carbonyl (C=O) groups excluding carboxylic acids is 1. The highest BCUT2D eigenvalue weighted by molar-refractivity contribution is 6.31. The molecule has 31 heavy (non-hydrogen) atoms. The van der Waals surface area contributed by atoms with Crippen molar-refractivity contribution in [1.82, 2.24) is 10.1 Å². The van der Waals surface area contributed by atoms with E-state index in [4.69, 9.17) is 16.3 Å². The van der Waals surface area contributed by atoms with Crippen molar-refractivity contribution in [2.75, 3.05) is 6.61 Å². The van der Waals surface area contributed by atoms with Crippen molar-refractivity contribution in [3.8, 4) is 17.1 Å². The van der Waals surface area contributed by atoms with E-state index >= 15 is 0 Å². The molecule has 13 heteroatoms. The van der Waals surface area contributed by atoms with Gasteiger partial charge in [-0.3, -0.25) is 4.79 Å². The van der Waals surface area contributed by atoms with E-state index in [1.54, 1.807) is 0 Å².